The predicted octanol–water partition coefficient (Wildman–Crippen LogP) is 8.03. The average Bonchev–Trinajstić information content (AvgIpc) is 2.92. The highest BCUT2D eigenvalue weighted by atomic mass is 16.6. The third-order valence-electron chi connectivity index (χ3n) is 7.75. The Kier molecular flexibility index (Phi) is 13.5. The molecule has 0 heterocycles. The lowest BCUT2D eigenvalue weighted by molar-refractivity contribution is -0.142. The van der Waals surface area contributed by atoms with Crippen LogP contribution in [0.15, 0.2) is 42.5 Å². The second kappa shape index (κ2) is 16.3. The molecule has 0 aromatic heterocycles. The van der Waals surface area contributed by atoms with Gasteiger partial charge in [0.05, 0.1) is 0 Å². The summed E-state index contributed by atoms with van der Waals surface area (Å²) in [6.45, 7) is 17.9. The van der Waals surface area contributed by atoms with Crippen LogP contribution in [0.4, 0.5) is 10.5 Å². The molecule has 0 aliphatic carbocycles. The first-order chi connectivity index (χ1) is 19.8. The van der Waals surface area contributed by atoms with Crippen LogP contribution in [0.1, 0.15) is 108 Å². The highest BCUT2D eigenvalue weighted by Gasteiger charge is 2.38. The van der Waals surface area contributed by atoms with E-state index < -0.39 is 23.8 Å². The summed E-state index contributed by atoms with van der Waals surface area (Å²) in [5, 5.41) is 5.95. The number of aryl methyl sites for hydroxylation is 3. The molecule has 3 unspecified atom stereocenters. The van der Waals surface area contributed by atoms with Crippen LogP contribution in [0.2, 0.25) is 0 Å². The van der Waals surface area contributed by atoms with Crippen LogP contribution >= 0.6 is 0 Å². The van der Waals surface area contributed by atoms with Crippen LogP contribution in [0.3, 0.4) is 0 Å². The van der Waals surface area contributed by atoms with Crippen molar-refractivity contribution in [2.45, 2.75) is 119 Å². The molecule has 2 aromatic carbocycles. The van der Waals surface area contributed by atoms with Gasteiger partial charge in [0.1, 0.15) is 17.7 Å². The van der Waals surface area contributed by atoms with E-state index in [1.807, 2.05) is 77.1 Å². The first-order valence-electron chi connectivity index (χ1n) is 15.5. The molecule has 2 rings (SSSR count). The zero-order chi connectivity index (χ0) is 31.4. The molecule has 3 atom stereocenters. The minimum atomic E-state index is -0.880. The van der Waals surface area contributed by atoms with Crippen molar-refractivity contribution in [3.63, 3.8) is 0 Å². The Morgan fingerprint density at radius 2 is 1.55 bits per heavy atom. The van der Waals surface area contributed by atoms with Gasteiger partial charge in [0.15, 0.2) is 0 Å². The standard InChI is InChI=1S/C35H53N3O4/c1-10-12-13-14-17-22-38(33(40)30(24(3)11-2)37-34(41)42-35(7,8)9)31(28-21-20-25(4)27(6)23-28)32(39)36-29-19-16-15-18-26(29)5/h15-16,18-21,23-24,30-31H,10-14,17,22H2,1-9H3,(H,36,39)(H,37,41). The van der Waals surface area contributed by atoms with E-state index in [4.69, 9.17) is 4.74 Å². The number of ether oxygens (including phenoxy) is 1. The van der Waals surface area contributed by atoms with Crippen LogP contribution in [0.5, 0.6) is 0 Å². The van der Waals surface area contributed by atoms with Crippen molar-refractivity contribution < 1.29 is 19.1 Å². The van der Waals surface area contributed by atoms with Crippen molar-refractivity contribution in [2.75, 3.05) is 11.9 Å². The SMILES string of the molecule is CCCCCCCN(C(=O)C(NC(=O)OC(C)(C)C)C(C)CC)C(C(=O)Nc1ccccc1C)c1ccc(C)c(C)c1. The van der Waals surface area contributed by atoms with Gasteiger partial charge < -0.3 is 20.3 Å². The summed E-state index contributed by atoms with van der Waals surface area (Å²) in [5.74, 6) is -0.740. The molecule has 0 spiro atoms. The molecule has 0 saturated carbocycles. The minimum absolute atomic E-state index is 0.174. The maximum atomic E-state index is 14.5. The van der Waals surface area contributed by atoms with Crippen molar-refractivity contribution in [2.24, 2.45) is 5.92 Å². The molecular formula is C35H53N3O4. The van der Waals surface area contributed by atoms with E-state index in [1.165, 1.54) is 0 Å². The molecule has 232 valence electrons. The fourth-order valence-corrected chi connectivity index (χ4v) is 4.87. The van der Waals surface area contributed by atoms with Crippen LogP contribution in [-0.2, 0) is 14.3 Å². The number of unbranched alkanes of at least 4 members (excludes halogenated alkanes) is 4. The van der Waals surface area contributed by atoms with Crippen LogP contribution < -0.4 is 10.6 Å². The molecular weight excluding hydrogens is 526 g/mol. The Hall–Kier alpha value is -3.35. The highest BCUT2D eigenvalue weighted by Crippen LogP contribution is 2.29. The maximum Gasteiger partial charge on any atom is 0.408 e. The fraction of sp³-hybridized carbons (Fsp3) is 0.571. The van der Waals surface area contributed by atoms with E-state index >= 15 is 0 Å². The molecule has 0 radical (unpaired) electrons. The number of alkyl carbamates (subject to hydrolysis) is 1. The van der Waals surface area contributed by atoms with Gasteiger partial charge in [-0.25, -0.2) is 4.79 Å². The number of amides is 3. The summed E-state index contributed by atoms with van der Waals surface area (Å²) in [5.41, 5.74) is 3.83. The molecule has 0 aliphatic heterocycles. The van der Waals surface area contributed by atoms with E-state index in [9.17, 15) is 14.4 Å². The van der Waals surface area contributed by atoms with E-state index in [2.05, 4.69) is 17.6 Å². The van der Waals surface area contributed by atoms with Crippen molar-refractivity contribution in [3.8, 4) is 0 Å². The molecule has 0 fully saturated rings. The number of hydrogen-bond donors (Lipinski definition) is 2. The van der Waals surface area contributed by atoms with Gasteiger partial charge in [-0.2, -0.15) is 0 Å². The largest absolute Gasteiger partial charge is 0.444 e. The van der Waals surface area contributed by atoms with E-state index in [-0.39, 0.29) is 17.7 Å². The molecule has 2 N–H and O–H groups in total. The van der Waals surface area contributed by atoms with E-state index in [0.29, 0.717) is 18.7 Å². The van der Waals surface area contributed by atoms with Crippen molar-refractivity contribution >= 4 is 23.6 Å². The molecule has 3 amide bonds. The smallest absolute Gasteiger partial charge is 0.408 e. The first kappa shape index (κ1) is 34.8. The molecule has 0 aliphatic rings. The lowest BCUT2D eigenvalue weighted by Gasteiger charge is -2.36. The number of hydrogen-bond acceptors (Lipinski definition) is 4. The average molecular weight is 580 g/mol. The molecule has 42 heavy (non-hydrogen) atoms. The number of carbonyl (C=O) groups excluding carboxylic acids is 3. The fourth-order valence-electron chi connectivity index (χ4n) is 4.87. The number of nitrogens with zero attached hydrogens (tertiary/aromatic N) is 1. The predicted molar refractivity (Wildman–Crippen MR) is 172 cm³/mol. The monoisotopic (exact) mass is 579 g/mol. The number of carbonyl (C=O) groups is 3. The number of nitrogens with one attached hydrogen (secondary N) is 2. The van der Waals surface area contributed by atoms with Gasteiger partial charge in [0, 0.05) is 12.2 Å². The van der Waals surface area contributed by atoms with Crippen molar-refractivity contribution in [1.29, 1.82) is 0 Å². The Labute approximate surface area is 253 Å². The number of benzene rings is 2. The molecule has 2 aromatic rings. The van der Waals surface area contributed by atoms with Crippen LogP contribution in [-0.4, -0.2) is 41.0 Å². The third kappa shape index (κ3) is 10.5. The Bertz CT molecular complexity index is 1190. The van der Waals surface area contributed by atoms with Gasteiger partial charge in [0.25, 0.3) is 5.91 Å². The lowest BCUT2D eigenvalue weighted by Crippen LogP contribution is -2.55. The molecule has 7 nitrogen and oxygen atoms in total. The van der Waals surface area contributed by atoms with Gasteiger partial charge in [-0.05, 0) is 82.2 Å². The highest BCUT2D eigenvalue weighted by molar-refractivity contribution is 5.99. The quantitative estimate of drug-likeness (QED) is 0.222. The third-order valence-corrected chi connectivity index (χ3v) is 7.75. The van der Waals surface area contributed by atoms with Crippen molar-refractivity contribution in [1.82, 2.24) is 10.2 Å². The topological polar surface area (TPSA) is 87.7 Å². The normalized spacial score (nSPS) is 13.5. The zero-order valence-electron chi connectivity index (χ0n) is 27.3. The second-order valence-electron chi connectivity index (χ2n) is 12.5. The summed E-state index contributed by atoms with van der Waals surface area (Å²) in [7, 11) is 0. The van der Waals surface area contributed by atoms with Crippen molar-refractivity contribution in [3.05, 3.63) is 64.7 Å². The minimum Gasteiger partial charge on any atom is -0.444 e. The zero-order valence-corrected chi connectivity index (χ0v) is 27.3. The molecule has 0 bridgehead atoms. The van der Waals surface area contributed by atoms with Gasteiger partial charge in [0.2, 0.25) is 5.91 Å². The summed E-state index contributed by atoms with van der Waals surface area (Å²) < 4.78 is 5.53. The Morgan fingerprint density at radius 3 is 2.14 bits per heavy atom. The van der Waals surface area contributed by atoms with E-state index in [1.54, 1.807) is 25.7 Å². The second-order valence-corrected chi connectivity index (χ2v) is 12.5. The van der Waals surface area contributed by atoms with Crippen LogP contribution in [0.25, 0.3) is 0 Å². The summed E-state index contributed by atoms with van der Waals surface area (Å²) >= 11 is 0. The Balaban J connectivity index is 2.59. The first-order valence-corrected chi connectivity index (χ1v) is 15.5. The Morgan fingerprint density at radius 1 is 0.881 bits per heavy atom. The molecule has 7 heteroatoms. The van der Waals surface area contributed by atoms with Gasteiger partial charge in [-0.1, -0.05) is 89.3 Å². The van der Waals surface area contributed by atoms with E-state index in [0.717, 1.165) is 54.4 Å². The summed E-state index contributed by atoms with van der Waals surface area (Å²) in [6.07, 6.45) is 5.03. The number of rotatable bonds is 14. The van der Waals surface area contributed by atoms with Gasteiger partial charge in [-0.3, -0.25) is 9.59 Å². The number of anilines is 1. The lowest BCUT2D eigenvalue weighted by atomic mass is 9.94. The van der Waals surface area contributed by atoms with Gasteiger partial charge in [-0.15, -0.1) is 0 Å². The van der Waals surface area contributed by atoms with Gasteiger partial charge >= 0.3 is 6.09 Å². The van der Waals surface area contributed by atoms with Crippen LogP contribution in [0, 0.1) is 26.7 Å². The number of para-hydroxylation sites is 1. The maximum absolute atomic E-state index is 14.5. The summed E-state index contributed by atoms with van der Waals surface area (Å²) in [6, 6.07) is 11.8. The molecule has 0 saturated heterocycles. The summed E-state index contributed by atoms with van der Waals surface area (Å²) in [4.78, 5) is 43.3.